The van der Waals surface area contributed by atoms with Gasteiger partial charge in [-0.3, -0.25) is 4.79 Å². The largest absolute Gasteiger partial charge is 0.387 e. The summed E-state index contributed by atoms with van der Waals surface area (Å²) in [4.78, 5) is 11.5. The second-order valence-corrected chi connectivity index (χ2v) is 5.66. The molecule has 6 nitrogen and oxygen atoms in total. The molecule has 106 valence electrons. The first-order chi connectivity index (χ1) is 9.01. The van der Waals surface area contributed by atoms with Crippen molar-refractivity contribution in [2.75, 3.05) is 25.5 Å². The molecule has 1 aromatic carbocycles. The van der Waals surface area contributed by atoms with E-state index in [9.17, 15) is 13.2 Å². The van der Waals surface area contributed by atoms with Crippen LogP contribution in [-0.4, -0.2) is 34.5 Å². The lowest BCUT2D eigenvalue weighted by atomic mass is 10.3. The number of rotatable bonds is 7. The maximum atomic E-state index is 12.1. The van der Waals surface area contributed by atoms with Crippen molar-refractivity contribution in [3.8, 4) is 0 Å². The Hall–Kier alpha value is -1.60. The Morgan fingerprint density at radius 1 is 1.26 bits per heavy atom. The molecular weight excluding hydrogens is 266 g/mol. The van der Waals surface area contributed by atoms with Crippen LogP contribution in [0.3, 0.4) is 0 Å². The topological polar surface area (TPSA) is 87.3 Å². The fourth-order valence-corrected chi connectivity index (χ4v) is 2.67. The fraction of sp³-hybridized carbons (Fsp3) is 0.417. The molecule has 7 heteroatoms. The first-order valence-electron chi connectivity index (χ1n) is 6.04. The van der Waals surface area contributed by atoms with Crippen LogP contribution in [0.1, 0.15) is 13.3 Å². The van der Waals surface area contributed by atoms with Crippen LogP contribution in [0, 0.1) is 0 Å². The zero-order valence-electron chi connectivity index (χ0n) is 11.1. The fourth-order valence-electron chi connectivity index (χ4n) is 1.47. The Labute approximate surface area is 113 Å². The van der Waals surface area contributed by atoms with Gasteiger partial charge in [-0.1, -0.05) is 19.1 Å². The summed E-state index contributed by atoms with van der Waals surface area (Å²) in [6.07, 6.45) is 0.807. The molecule has 19 heavy (non-hydrogen) atoms. The number of sulfonamides is 1. The summed E-state index contributed by atoms with van der Waals surface area (Å²) < 4.78 is 26.4. The van der Waals surface area contributed by atoms with Crippen LogP contribution >= 0.6 is 0 Å². The number of hydrogen-bond acceptors (Lipinski definition) is 4. The van der Waals surface area contributed by atoms with Crippen molar-refractivity contribution in [3.63, 3.8) is 0 Å². The van der Waals surface area contributed by atoms with Gasteiger partial charge in [0, 0.05) is 13.6 Å². The van der Waals surface area contributed by atoms with Gasteiger partial charge < -0.3 is 10.6 Å². The normalized spacial score (nSPS) is 11.1. The molecule has 3 N–H and O–H groups in total. The quantitative estimate of drug-likeness (QED) is 0.682. The summed E-state index contributed by atoms with van der Waals surface area (Å²) in [6.45, 7) is 2.20. The molecule has 0 radical (unpaired) electrons. The number of hydrogen-bond donors (Lipinski definition) is 3. The molecule has 0 aromatic heterocycles. The molecule has 1 rings (SSSR count). The maximum Gasteiger partial charge on any atom is 0.243 e. The van der Waals surface area contributed by atoms with Crippen LogP contribution in [0.2, 0.25) is 0 Å². The number of anilines is 1. The highest BCUT2D eigenvalue weighted by molar-refractivity contribution is 7.89. The Bertz CT molecular complexity index is 529. The van der Waals surface area contributed by atoms with E-state index in [2.05, 4.69) is 15.4 Å². The van der Waals surface area contributed by atoms with Crippen LogP contribution in [0.5, 0.6) is 0 Å². The van der Waals surface area contributed by atoms with Gasteiger partial charge in [0.1, 0.15) is 4.90 Å². The molecule has 1 amide bonds. The minimum atomic E-state index is -3.70. The predicted octanol–water partition coefficient (Wildman–Crippen LogP) is 0.533. The van der Waals surface area contributed by atoms with Crippen molar-refractivity contribution >= 4 is 21.6 Å². The van der Waals surface area contributed by atoms with Crippen LogP contribution in [0.25, 0.3) is 0 Å². The van der Waals surface area contributed by atoms with Gasteiger partial charge in [-0.15, -0.1) is 0 Å². The summed E-state index contributed by atoms with van der Waals surface area (Å²) >= 11 is 0. The molecular formula is C12H19N3O3S. The highest BCUT2D eigenvalue weighted by Gasteiger charge is 2.18. The number of carbonyl (C=O) groups excluding carboxylic acids is 1. The highest BCUT2D eigenvalue weighted by atomic mass is 32.2. The van der Waals surface area contributed by atoms with E-state index in [0.717, 1.165) is 6.42 Å². The van der Waals surface area contributed by atoms with E-state index >= 15 is 0 Å². The van der Waals surface area contributed by atoms with Crippen molar-refractivity contribution in [2.45, 2.75) is 18.2 Å². The Balaban J connectivity index is 2.73. The molecule has 0 aliphatic rings. The molecule has 0 saturated carbocycles. The molecule has 0 atom stereocenters. The van der Waals surface area contributed by atoms with Crippen molar-refractivity contribution in [3.05, 3.63) is 24.3 Å². The second kappa shape index (κ2) is 7.10. The molecule has 0 spiro atoms. The molecule has 0 bridgehead atoms. The van der Waals surface area contributed by atoms with Gasteiger partial charge in [-0.2, -0.15) is 0 Å². The lowest BCUT2D eigenvalue weighted by Gasteiger charge is -2.11. The Kier molecular flexibility index (Phi) is 5.78. The summed E-state index contributed by atoms with van der Waals surface area (Å²) in [7, 11) is -2.06. The van der Waals surface area contributed by atoms with E-state index < -0.39 is 10.0 Å². The monoisotopic (exact) mass is 285 g/mol. The highest BCUT2D eigenvalue weighted by Crippen LogP contribution is 2.19. The predicted molar refractivity (Wildman–Crippen MR) is 74.5 cm³/mol. The number of amides is 1. The summed E-state index contributed by atoms with van der Waals surface area (Å²) in [5, 5.41) is 5.41. The first-order valence-corrected chi connectivity index (χ1v) is 7.52. The molecule has 1 aromatic rings. The van der Waals surface area contributed by atoms with Gasteiger partial charge in [0.05, 0.1) is 12.2 Å². The second-order valence-electron chi connectivity index (χ2n) is 3.92. The number of benzene rings is 1. The van der Waals surface area contributed by atoms with E-state index in [1.54, 1.807) is 25.2 Å². The summed E-state index contributed by atoms with van der Waals surface area (Å²) in [5.41, 5.74) is 0.490. The number of para-hydroxylation sites is 1. The molecule has 0 fully saturated rings. The zero-order chi connectivity index (χ0) is 14.3. The molecule has 0 unspecified atom stereocenters. The van der Waals surface area contributed by atoms with E-state index in [1.165, 1.54) is 6.07 Å². The average molecular weight is 285 g/mol. The zero-order valence-corrected chi connectivity index (χ0v) is 11.9. The van der Waals surface area contributed by atoms with E-state index in [4.69, 9.17) is 0 Å². The van der Waals surface area contributed by atoms with Gasteiger partial charge in [0.2, 0.25) is 15.9 Å². The Morgan fingerprint density at radius 2 is 1.95 bits per heavy atom. The van der Waals surface area contributed by atoms with E-state index in [0.29, 0.717) is 12.2 Å². The van der Waals surface area contributed by atoms with Gasteiger partial charge in [0.15, 0.2) is 0 Å². The third-order valence-electron chi connectivity index (χ3n) is 2.44. The van der Waals surface area contributed by atoms with Crippen LogP contribution < -0.4 is 15.4 Å². The van der Waals surface area contributed by atoms with Gasteiger partial charge in [-0.05, 0) is 18.6 Å². The van der Waals surface area contributed by atoms with E-state index in [1.807, 2.05) is 6.92 Å². The van der Waals surface area contributed by atoms with Crippen LogP contribution in [0.4, 0.5) is 5.69 Å². The van der Waals surface area contributed by atoms with Crippen molar-refractivity contribution in [2.24, 2.45) is 0 Å². The van der Waals surface area contributed by atoms with Crippen molar-refractivity contribution in [1.82, 2.24) is 10.0 Å². The standard InChI is InChI=1S/C12H19N3O3S/c1-3-8-14-12(16)9-15-19(17,18)11-7-5-4-6-10(11)13-2/h4-7,13,15H,3,8-9H2,1-2H3,(H,14,16). The van der Waals surface area contributed by atoms with E-state index in [-0.39, 0.29) is 17.3 Å². The Morgan fingerprint density at radius 3 is 2.58 bits per heavy atom. The van der Waals surface area contributed by atoms with Gasteiger partial charge in [0.25, 0.3) is 0 Å². The SMILES string of the molecule is CCCNC(=O)CNS(=O)(=O)c1ccccc1NC. The molecule has 0 heterocycles. The first kappa shape index (κ1) is 15.5. The lowest BCUT2D eigenvalue weighted by Crippen LogP contribution is -2.37. The minimum absolute atomic E-state index is 0.126. The number of carbonyl (C=O) groups is 1. The molecule has 0 saturated heterocycles. The third kappa shape index (κ3) is 4.53. The smallest absolute Gasteiger partial charge is 0.243 e. The maximum absolute atomic E-state index is 12.1. The summed E-state index contributed by atoms with van der Waals surface area (Å²) in [6, 6.07) is 6.51. The van der Waals surface area contributed by atoms with Crippen molar-refractivity contribution < 1.29 is 13.2 Å². The number of nitrogens with one attached hydrogen (secondary N) is 3. The molecule has 0 aliphatic heterocycles. The van der Waals surface area contributed by atoms with Crippen molar-refractivity contribution in [1.29, 1.82) is 0 Å². The summed E-state index contributed by atoms with van der Waals surface area (Å²) in [5.74, 6) is -0.340. The minimum Gasteiger partial charge on any atom is -0.387 e. The van der Waals surface area contributed by atoms with Crippen LogP contribution in [-0.2, 0) is 14.8 Å². The molecule has 0 aliphatic carbocycles. The van der Waals surface area contributed by atoms with Crippen LogP contribution in [0.15, 0.2) is 29.2 Å². The van der Waals surface area contributed by atoms with Gasteiger partial charge in [-0.25, -0.2) is 13.1 Å². The van der Waals surface area contributed by atoms with Gasteiger partial charge >= 0.3 is 0 Å². The average Bonchev–Trinajstić information content (AvgIpc) is 2.43. The lowest BCUT2D eigenvalue weighted by molar-refractivity contribution is -0.119. The third-order valence-corrected chi connectivity index (χ3v) is 3.90.